The van der Waals surface area contributed by atoms with Crippen LogP contribution in [-0.2, 0) is 11.4 Å². The Bertz CT molecular complexity index is 778. The molecule has 0 saturated carbocycles. The summed E-state index contributed by atoms with van der Waals surface area (Å²) in [7, 11) is 0. The van der Waals surface area contributed by atoms with Gasteiger partial charge in [0.2, 0.25) is 17.6 Å². The summed E-state index contributed by atoms with van der Waals surface area (Å²) in [4.78, 5) is 18.4. The molecule has 1 aromatic carbocycles. The number of thioether (sulfide) groups is 1. The van der Waals surface area contributed by atoms with Gasteiger partial charge in [-0.1, -0.05) is 23.4 Å². The Hall–Kier alpha value is -2.02. The van der Waals surface area contributed by atoms with Gasteiger partial charge in [-0.2, -0.15) is 4.98 Å². The Balaban J connectivity index is 1.47. The van der Waals surface area contributed by atoms with Crippen molar-refractivity contribution in [2.45, 2.75) is 44.2 Å². The lowest BCUT2D eigenvalue weighted by atomic mass is 10.2. The highest BCUT2D eigenvalue weighted by Gasteiger charge is 2.52. The average Bonchev–Trinajstić information content (AvgIpc) is 3.23. The molecule has 2 fully saturated rings. The first-order chi connectivity index (χ1) is 11.6. The maximum atomic E-state index is 12.2. The molecule has 6 nitrogen and oxygen atoms in total. The second-order valence-corrected chi connectivity index (χ2v) is 7.87. The van der Waals surface area contributed by atoms with Gasteiger partial charge in [0.05, 0.1) is 4.87 Å². The van der Waals surface area contributed by atoms with Gasteiger partial charge in [0.25, 0.3) is 0 Å². The third-order valence-corrected chi connectivity index (χ3v) is 6.17. The van der Waals surface area contributed by atoms with E-state index in [4.69, 9.17) is 9.26 Å². The molecule has 7 heteroatoms. The third-order valence-electron chi connectivity index (χ3n) is 4.66. The molecule has 24 heavy (non-hydrogen) atoms. The van der Waals surface area contributed by atoms with Crippen LogP contribution in [0.5, 0.6) is 5.75 Å². The smallest absolute Gasteiger partial charge is 0.250 e. The Kier molecular flexibility index (Phi) is 3.75. The molecule has 0 N–H and O–H groups in total. The first-order valence-electron chi connectivity index (χ1n) is 8.04. The van der Waals surface area contributed by atoms with Crippen molar-refractivity contribution in [3.63, 3.8) is 0 Å². The molecule has 0 spiro atoms. The summed E-state index contributed by atoms with van der Waals surface area (Å²) in [6.07, 6.45) is 1.47. The van der Waals surface area contributed by atoms with Gasteiger partial charge < -0.3 is 14.2 Å². The first-order valence-corrected chi connectivity index (χ1v) is 9.02. The molecule has 2 saturated heterocycles. The summed E-state index contributed by atoms with van der Waals surface area (Å²) < 4.78 is 11.2. The molecule has 2 aromatic rings. The fourth-order valence-electron chi connectivity index (χ4n) is 3.33. The van der Waals surface area contributed by atoms with E-state index in [1.54, 1.807) is 11.8 Å². The molecule has 126 valence electrons. The second-order valence-electron chi connectivity index (χ2n) is 6.37. The zero-order chi connectivity index (χ0) is 16.7. The van der Waals surface area contributed by atoms with Gasteiger partial charge in [-0.3, -0.25) is 4.79 Å². The maximum Gasteiger partial charge on any atom is 0.250 e. The fourth-order valence-corrected chi connectivity index (χ4v) is 4.75. The van der Waals surface area contributed by atoms with Crippen molar-refractivity contribution < 1.29 is 14.1 Å². The minimum absolute atomic E-state index is 0.130. The highest BCUT2D eigenvalue weighted by Crippen LogP contribution is 2.51. The molecule has 4 rings (SSSR count). The summed E-state index contributed by atoms with van der Waals surface area (Å²) in [5, 5.41) is 4.01. The van der Waals surface area contributed by atoms with Crippen LogP contribution in [0.2, 0.25) is 0 Å². The van der Waals surface area contributed by atoms with Crippen molar-refractivity contribution in [1.82, 2.24) is 15.0 Å². The summed E-state index contributed by atoms with van der Waals surface area (Å²) in [5.74, 6) is 2.78. The third kappa shape index (κ3) is 2.56. The normalized spacial score (nSPS) is 26.0. The monoisotopic (exact) mass is 345 g/mol. The van der Waals surface area contributed by atoms with Crippen LogP contribution in [0.25, 0.3) is 0 Å². The van der Waals surface area contributed by atoms with Crippen LogP contribution in [0.3, 0.4) is 0 Å². The highest BCUT2D eigenvalue weighted by molar-refractivity contribution is 8.00. The Labute approximate surface area is 144 Å². The largest absolute Gasteiger partial charge is 0.485 e. The first kappa shape index (κ1) is 15.5. The van der Waals surface area contributed by atoms with Gasteiger partial charge in [-0.15, -0.1) is 11.8 Å². The van der Waals surface area contributed by atoms with Crippen molar-refractivity contribution in [3.8, 4) is 5.75 Å². The summed E-state index contributed by atoms with van der Waals surface area (Å²) in [5.41, 5.74) is 1.06. The number of carbonyl (C=O) groups is 1. The van der Waals surface area contributed by atoms with Gasteiger partial charge in [0.1, 0.15) is 11.8 Å². The van der Waals surface area contributed by atoms with E-state index in [-0.39, 0.29) is 23.4 Å². The standard InChI is InChI=1S/C17H19N3O3S/c1-11-5-3-4-6-13(11)22-9-14-18-16(23-19-14)12-10-24-17(2)8-7-15(21)20(12)17/h3-6,12H,7-10H2,1-2H3. The number of aryl methyl sites for hydroxylation is 1. The van der Waals surface area contributed by atoms with Gasteiger partial charge >= 0.3 is 0 Å². The van der Waals surface area contributed by atoms with Gasteiger partial charge in [-0.05, 0) is 31.9 Å². The minimum atomic E-state index is -0.131. The van der Waals surface area contributed by atoms with E-state index in [0.29, 0.717) is 18.1 Å². The number of benzene rings is 1. The van der Waals surface area contributed by atoms with Crippen LogP contribution in [-0.4, -0.2) is 31.6 Å². The number of fused-ring (bicyclic) bond motifs is 1. The van der Waals surface area contributed by atoms with Crippen LogP contribution >= 0.6 is 11.8 Å². The molecule has 2 unspecified atom stereocenters. The number of nitrogens with zero attached hydrogens (tertiary/aromatic N) is 3. The topological polar surface area (TPSA) is 68.5 Å². The van der Waals surface area contributed by atoms with E-state index in [0.717, 1.165) is 23.5 Å². The summed E-state index contributed by atoms with van der Waals surface area (Å²) in [6.45, 7) is 4.35. The second kappa shape index (κ2) is 5.81. The number of para-hydroxylation sites is 1. The van der Waals surface area contributed by atoms with Crippen molar-refractivity contribution in [2.75, 3.05) is 5.75 Å². The van der Waals surface area contributed by atoms with Crippen LogP contribution in [0.1, 0.15) is 43.1 Å². The number of hydrogen-bond donors (Lipinski definition) is 0. The number of ether oxygens (including phenoxy) is 1. The van der Waals surface area contributed by atoms with Crippen LogP contribution in [0, 0.1) is 6.92 Å². The zero-order valence-electron chi connectivity index (χ0n) is 13.7. The molecule has 0 radical (unpaired) electrons. The number of carbonyl (C=O) groups excluding carboxylic acids is 1. The van der Waals surface area contributed by atoms with Crippen molar-refractivity contribution >= 4 is 17.7 Å². The van der Waals surface area contributed by atoms with Crippen molar-refractivity contribution in [2.24, 2.45) is 0 Å². The predicted octanol–water partition coefficient (Wildman–Crippen LogP) is 3.08. The van der Waals surface area contributed by atoms with E-state index in [9.17, 15) is 4.79 Å². The molecule has 1 amide bonds. The van der Waals surface area contributed by atoms with Crippen LogP contribution in [0.15, 0.2) is 28.8 Å². The fraction of sp³-hybridized carbons (Fsp3) is 0.471. The lowest BCUT2D eigenvalue weighted by Crippen LogP contribution is -2.37. The average molecular weight is 345 g/mol. The number of hydrogen-bond acceptors (Lipinski definition) is 6. The number of aromatic nitrogens is 2. The highest BCUT2D eigenvalue weighted by atomic mass is 32.2. The summed E-state index contributed by atoms with van der Waals surface area (Å²) >= 11 is 1.79. The Morgan fingerprint density at radius 3 is 3.12 bits per heavy atom. The minimum Gasteiger partial charge on any atom is -0.485 e. The quantitative estimate of drug-likeness (QED) is 0.848. The molecule has 2 atom stereocenters. The zero-order valence-corrected chi connectivity index (χ0v) is 14.5. The number of rotatable bonds is 4. The SMILES string of the molecule is Cc1ccccc1OCc1noc(C2CSC3(C)CCC(=O)N23)n1. The van der Waals surface area contributed by atoms with E-state index >= 15 is 0 Å². The molecule has 1 aromatic heterocycles. The van der Waals surface area contributed by atoms with E-state index in [1.165, 1.54) is 0 Å². The van der Waals surface area contributed by atoms with Crippen molar-refractivity contribution in [3.05, 3.63) is 41.5 Å². The predicted molar refractivity (Wildman–Crippen MR) is 89.5 cm³/mol. The molecule has 2 aliphatic rings. The van der Waals surface area contributed by atoms with Crippen LogP contribution < -0.4 is 4.74 Å². The summed E-state index contributed by atoms with van der Waals surface area (Å²) in [6, 6.07) is 7.68. The van der Waals surface area contributed by atoms with Gasteiger partial charge in [0, 0.05) is 12.2 Å². The van der Waals surface area contributed by atoms with E-state index in [1.807, 2.05) is 36.1 Å². The maximum absolute atomic E-state index is 12.2. The van der Waals surface area contributed by atoms with Gasteiger partial charge in [0.15, 0.2) is 6.61 Å². The molecular formula is C17H19N3O3S. The Morgan fingerprint density at radius 1 is 1.46 bits per heavy atom. The van der Waals surface area contributed by atoms with Crippen molar-refractivity contribution in [1.29, 1.82) is 0 Å². The molecule has 0 aliphatic carbocycles. The van der Waals surface area contributed by atoms with Gasteiger partial charge in [-0.25, -0.2) is 0 Å². The Morgan fingerprint density at radius 2 is 2.29 bits per heavy atom. The molecule has 0 bridgehead atoms. The molecule has 3 heterocycles. The van der Waals surface area contributed by atoms with Crippen LogP contribution in [0.4, 0.5) is 0 Å². The molecule has 2 aliphatic heterocycles. The number of amides is 1. The lowest BCUT2D eigenvalue weighted by Gasteiger charge is -2.28. The van der Waals surface area contributed by atoms with E-state index in [2.05, 4.69) is 17.1 Å². The molecular weight excluding hydrogens is 326 g/mol. The lowest BCUT2D eigenvalue weighted by molar-refractivity contribution is -0.131. The van der Waals surface area contributed by atoms with E-state index < -0.39 is 0 Å².